The molecule has 1 unspecified atom stereocenters. The van der Waals surface area contributed by atoms with Gasteiger partial charge in [-0.2, -0.15) is 0 Å². The molecule has 17 heavy (non-hydrogen) atoms. The molecule has 4 nitrogen and oxygen atoms in total. The second-order valence-electron chi connectivity index (χ2n) is 4.66. The number of nitrogens with zero attached hydrogens (tertiary/aromatic N) is 2. The lowest BCUT2D eigenvalue weighted by Gasteiger charge is -2.14. The molecule has 0 bridgehead atoms. The highest BCUT2D eigenvalue weighted by Crippen LogP contribution is 2.17. The number of aromatic nitrogens is 1. The van der Waals surface area contributed by atoms with Crippen LogP contribution in [0.15, 0.2) is 18.3 Å². The SMILES string of the molecule is COC(=O)c1ccc(CN2CCC(C)C2)nc1. The van der Waals surface area contributed by atoms with Gasteiger partial charge in [-0.3, -0.25) is 9.88 Å². The molecule has 1 fully saturated rings. The van der Waals surface area contributed by atoms with Crippen LogP contribution in [0.1, 0.15) is 29.4 Å². The predicted molar refractivity (Wildman–Crippen MR) is 64.6 cm³/mol. The van der Waals surface area contributed by atoms with Gasteiger partial charge in [-0.05, 0) is 31.0 Å². The average molecular weight is 234 g/mol. The first-order valence-corrected chi connectivity index (χ1v) is 5.94. The van der Waals surface area contributed by atoms with Gasteiger partial charge in [-0.1, -0.05) is 6.92 Å². The lowest BCUT2D eigenvalue weighted by Crippen LogP contribution is -2.20. The van der Waals surface area contributed by atoms with E-state index in [9.17, 15) is 4.79 Å². The highest BCUT2D eigenvalue weighted by Gasteiger charge is 2.18. The summed E-state index contributed by atoms with van der Waals surface area (Å²) in [6.07, 6.45) is 2.85. The first-order chi connectivity index (χ1) is 8.19. The molecule has 1 aromatic heterocycles. The van der Waals surface area contributed by atoms with Crippen molar-refractivity contribution in [2.45, 2.75) is 19.9 Å². The van der Waals surface area contributed by atoms with Gasteiger partial charge >= 0.3 is 5.97 Å². The molecule has 1 atom stereocenters. The first kappa shape index (κ1) is 12.0. The van der Waals surface area contributed by atoms with Crippen LogP contribution in [-0.4, -0.2) is 36.1 Å². The maximum atomic E-state index is 11.2. The minimum atomic E-state index is -0.334. The molecule has 0 spiro atoms. The minimum absolute atomic E-state index is 0.334. The zero-order valence-electron chi connectivity index (χ0n) is 10.3. The first-order valence-electron chi connectivity index (χ1n) is 5.94. The van der Waals surface area contributed by atoms with Crippen LogP contribution < -0.4 is 0 Å². The summed E-state index contributed by atoms with van der Waals surface area (Å²) in [5.41, 5.74) is 1.51. The molecule has 1 aliphatic rings. The van der Waals surface area contributed by atoms with E-state index in [1.807, 2.05) is 6.07 Å². The van der Waals surface area contributed by atoms with Crippen LogP contribution in [0.2, 0.25) is 0 Å². The molecule has 0 saturated carbocycles. The molecule has 2 rings (SSSR count). The number of pyridine rings is 1. The molecule has 0 N–H and O–H groups in total. The molecule has 4 heteroatoms. The van der Waals surface area contributed by atoms with E-state index >= 15 is 0 Å². The van der Waals surface area contributed by atoms with Crippen molar-refractivity contribution in [3.63, 3.8) is 0 Å². The standard InChI is InChI=1S/C13H18N2O2/c1-10-5-6-15(8-10)9-12-4-3-11(7-14-12)13(16)17-2/h3-4,7,10H,5-6,8-9H2,1-2H3. The predicted octanol–water partition coefficient (Wildman–Crippen LogP) is 1.71. The number of rotatable bonds is 3. The zero-order chi connectivity index (χ0) is 12.3. The summed E-state index contributed by atoms with van der Waals surface area (Å²) in [6.45, 7) is 5.42. The molecule has 1 saturated heterocycles. The molecule has 0 aromatic carbocycles. The smallest absolute Gasteiger partial charge is 0.339 e. The number of carbonyl (C=O) groups is 1. The minimum Gasteiger partial charge on any atom is -0.465 e. The fraction of sp³-hybridized carbons (Fsp3) is 0.538. The van der Waals surface area contributed by atoms with Crippen molar-refractivity contribution in [3.8, 4) is 0 Å². The Morgan fingerprint density at radius 2 is 2.41 bits per heavy atom. The van der Waals surface area contributed by atoms with E-state index in [-0.39, 0.29) is 5.97 Å². The topological polar surface area (TPSA) is 42.4 Å². The summed E-state index contributed by atoms with van der Waals surface area (Å²) in [5, 5.41) is 0. The van der Waals surface area contributed by atoms with E-state index < -0.39 is 0 Å². The highest BCUT2D eigenvalue weighted by atomic mass is 16.5. The van der Waals surface area contributed by atoms with Gasteiger partial charge in [0.2, 0.25) is 0 Å². The quantitative estimate of drug-likeness (QED) is 0.747. The summed E-state index contributed by atoms with van der Waals surface area (Å²) < 4.78 is 4.63. The van der Waals surface area contributed by atoms with Crippen LogP contribution in [0.4, 0.5) is 0 Å². The Kier molecular flexibility index (Phi) is 3.74. The molecule has 0 amide bonds. The largest absolute Gasteiger partial charge is 0.465 e. The van der Waals surface area contributed by atoms with Crippen molar-refractivity contribution in [1.82, 2.24) is 9.88 Å². The highest BCUT2D eigenvalue weighted by molar-refractivity contribution is 5.88. The summed E-state index contributed by atoms with van der Waals surface area (Å²) in [7, 11) is 1.38. The zero-order valence-corrected chi connectivity index (χ0v) is 10.3. The average Bonchev–Trinajstić information content (AvgIpc) is 2.75. The van der Waals surface area contributed by atoms with E-state index in [1.54, 1.807) is 12.3 Å². The molecular weight excluding hydrogens is 216 g/mol. The Labute approximate surface area is 102 Å². The van der Waals surface area contributed by atoms with Gasteiger partial charge in [-0.25, -0.2) is 4.79 Å². The molecular formula is C13H18N2O2. The normalized spacial score (nSPS) is 20.5. The number of hydrogen-bond acceptors (Lipinski definition) is 4. The number of likely N-dealkylation sites (tertiary alicyclic amines) is 1. The number of carbonyl (C=O) groups excluding carboxylic acids is 1. The Balaban J connectivity index is 1.96. The maximum absolute atomic E-state index is 11.2. The molecule has 0 aliphatic carbocycles. The van der Waals surface area contributed by atoms with E-state index in [0.29, 0.717) is 5.56 Å². The second-order valence-corrected chi connectivity index (χ2v) is 4.66. The number of hydrogen-bond donors (Lipinski definition) is 0. The maximum Gasteiger partial charge on any atom is 0.339 e. The van der Waals surface area contributed by atoms with E-state index in [1.165, 1.54) is 13.5 Å². The lowest BCUT2D eigenvalue weighted by molar-refractivity contribution is 0.0600. The van der Waals surface area contributed by atoms with Crippen LogP contribution in [0, 0.1) is 5.92 Å². The van der Waals surface area contributed by atoms with Gasteiger partial charge in [-0.15, -0.1) is 0 Å². The molecule has 2 heterocycles. The third-order valence-electron chi connectivity index (χ3n) is 3.14. The molecule has 92 valence electrons. The van der Waals surface area contributed by atoms with Crippen LogP contribution in [0.3, 0.4) is 0 Å². The summed E-state index contributed by atoms with van der Waals surface area (Å²) in [6, 6.07) is 3.67. The van der Waals surface area contributed by atoms with Gasteiger partial charge in [0.05, 0.1) is 18.4 Å². The van der Waals surface area contributed by atoms with Crippen LogP contribution in [-0.2, 0) is 11.3 Å². The van der Waals surface area contributed by atoms with Crippen LogP contribution >= 0.6 is 0 Å². The van der Waals surface area contributed by atoms with Crippen molar-refractivity contribution in [2.24, 2.45) is 5.92 Å². The van der Waals surface area contributed by atoms with Gasteiger partial charge in [0.25, 0.3) is 0 Å². The number of ether oxygens (including phenoxy) is 1. The van der Waals surface area contributed by atoms with E-state index in [2.05, 4.69) is 21.5 Å². The number of esters is 1. The Hall–Kier alpha value is -1.42. The van der Waals surface area contributed by atoms with Gasteiger partial charge in [0.15, 0.2) is 0 Å². The van der Waals surface area contributed by atoms with Crippen molar-refractivity contribution in [3.05, 3.63) is 29.6 Å². The monoisotopic (exact) mass is 234 g/mol. The Bertz CT molecular complexity index is 389. The van der Waals surface area contributed by atoms with Gasteiger partial charge in [0, 0.05) is 19.3 Å². The van der Waals surface area contributed by atoms with Crippen LogP contribution in [0.5, 0.6) is 0 Å². The van der Waals surface area contributed by atoms with Gasteiger partial charge < -0.3 is 4.74 Å². The van der Waals surface area contributed by atoms with Gasteiger partial charge in [0.1, 0.15) is 0 Å². The fourth-order valence-corrected chi connectivity index (χ4v) is 2.16. The molecule has 0 radical (unpaired) electrons. The van der Waals surface area contributed by atoms with E-state index in [4.69, 9.17) is 0 Å². The Morgan fingerprint density at radius 1 is 1.59 bits per heavy atom. The molecule has 1 aliphatic heterocycles. The van der Waals surface area contributed by atoms with Crippen LogP contribution in [0.25, 0.3) is 0 Å². The third kappa shape index (κ3) is 3.03. The van der Waals surface area contributed by atoms with E-state index in [0.717, 1.165) is 31.2 Å². The third-order valence-corrected chi connectivity index (χ3v) is 3.14. The fourth-order valence-electron chi connectivity index (χ4n) is 2.16. The summed E-state index contributed by atoms with van der Waals surface area (Å²) in [4.78, 5) is 17.9. The van der Waals surface area contributed by atoms with Crippen molar-refractivity contribution >= 4 is 5.97 Å². The van der Waals surface area contributed by atoms with Crippen molar-refractivity contribution in [1.29, 1.82) is 0 Å². The second kappa shape index (κ2) is 5.27. The summed E-state index contributed by atoms with van der Waals surface area (Å²) in [5.74, 6) is 0.447. The van der Waals surface area contributed by atoms with Crippen molar-refractivity contribution in [2.75, 3.05) is 20.2 Å². The molecule has 1 aromatic rings. The number of methoxy groups -OCH3 is 1. The lowest BCUT2D eigenvalue weighted by atomic mass is 10.2. The van der Waals surface area contributed by atoms with Crippen molar-refractivity contribution < 1.29 is 9.53 Å². The Morgan fingerprint density at radius 3 is 2.94 bits per heavy atom. The summed E-state index contributed by atoms with van der Waals surface area (Å²) >= 11 is 0.